The fourth-order valence-electron chi connectivity index (χ4n) is 1.23. The summed E-state index contributed by atoms with van der Waals surface area (Å²) < 4.78 is 4.80. The van der Waals surface area contributed by atoms with E-state index in [-0.39, 0.29) is 6.10 Å². The molecular weight excluding hydrogens is 154 g/mol. The standard InChI is InChI=1S/C9H19NO2/c1-12-7-9(11)6-10-5-4-8-2-3-8/h8-11H,2-7H2,1H3. The van der Waals surface area contributed by atoms with Crippen LogP contribution in [0.5, 0.6) is 0 Å². The molecule has 0 bridgehead atoms. The summed E-state index contributed by atoms with van der Waals surface area (Å²) in [5, 5.41) is 12.5. The van der Waals surface area contributed by atoms with E-state index < -0.39 is 0 Å². The van der Waals surface area contributed by atoms with Crippen LogP contribution in [0.15, 0.2) is 0 Å². The predicted molar refractivity (Wildman–Crippen MR) is 48.1 cm³/mol. The van der Waals surface area contributed by atoms with Gasteiger partial charge in [-0.25, -0.2) is 0 Å². The molecule has 0 saturated heterocycles. The van der Waals surface area contributed by atoms with Gasteiger partial charge in [0.25, 0.3) is 0 Å². The van der Waals surface area contributed by atoms with Crippen LogP contribution in [0.2, 0.25) is 0 Å². The molecule has 1 rings (SSSR count). The molecular formula is C9H19NO2. The van der Waals surface area contributed by atoms with Crippen LogP contribution < -0.4 is 5.32 Å². The van der Waals surface area contributed by atoms with Crippen LogP contribution in [0.4, 0.5) is 0 Å². The summed E-state index contributed by atoms with van der Waals surface area (Å²) in [5.74, 6) is 0.970. The molecule has 0 amide bonds. The molecule has 0 aromatic rings. The number of rotatable bonds is 7. The van der Waals surface area contributed by atoms with Gasteiger partial charge in [-0.2, -0.15) is 0 Å². The van der Waals surface area contributed by atoms with Crippen molar-refractivity contribution in [3.05, 3.63) is 0 Å². The summed E-state index contributed by atoms with van der Waals surface area (Å²) in [6, 6.07) is 0. The van der Waals surface area contributed by atoms with Crippen molar-refractivity contribution in [1.82, 2.24) is 5.32 Å². The Kier molecular flexibility index (Phi) is 4.58. The van der Waals surface area contributed by atoms with Crippen molar-refractivity contribution in [2.24, 2.45) is 5.92 Å². The maximum absolute atomic E-state index is 9.24. The number of ether oxygens (including phenoxy) is 1. The minimum absolute atomic E-state index is 0.353. The fourth-order valence-corrected chi connectivity index (χ4v) is 1.23. The van der Waals surface area contributed by atoms with E-state index in [1.54, 1.807) is 7.11 Å². The first kappa shape index (κ1) is 9.96. The number of nitrogens with one attached hydrogen (secondary N) is 1. The van der Waals surface area contributed by atoms with Gasteiger partial charge in [-0.15, -0.1) is 0 Å². The third-order valence-electron chi connectivity index (χ3n) is 2.17. The molecule has 0 heterocycles. The molecule has 0 aromatic carbocycles. The van der Waals surface area contributed by atoms with E-state index in [4.69, 9.17) is 4.74 Å². The van der Waals surface area contributed by atoms with Crippen molar-refractivity contribution in [3.8, 4) is 0 Å². The maximum atomic E-state index is 9.24. The van der Waals surface area contributed by atoms with Crippen LogP contribution in [-0.2, 0) is 4.74 Å². The monoisotopic (exact) mass is 173 g/mol. The van der Waals surface area contributed by atoms with Crippen molar-refractivity contribution in [2.45, 2.75) is 25.4 Å². The van der Waals surface area contributed by atoms with Crippen molar-refractivity contribution < 1.29 is 9.84 Å². The number of hydrogen-bond acceptors (Lipinski definition) is 3. The van der Waals surface area contributed by atoms with Gasteiger partial charge in [-0.1, -0.05) is 12.8 Å². The third kappa shape index (κ3) is 4.70. The Morgan fingerprint density at radius 1 is 1.58 bits per heavy atom. The van der Waals surface area contributed by atoms with E-state index >= 15 is 0 Å². The summed E-state index contributed by atoms with van der Waals surface area (Å²) in [6.45, 7) is 2.11. The first-order valence-corrected chi connectivity index (χ1v) is 4.70. The van der Waals surface area contributed by atoms with E-state index in [0.29, 0.717) is 13.2 Å². The van der Waals surface area contributed by atoms with Gasteiger partial charge >= 0.3 is 0 Å². The van der Waals surface area contributed by atoms with Crippen LogP contribution in [0, 0.1) is 5.92 Å². The normalized spacial score (nSPS) is 19.5. The van der Waals surface area contributed by atoms with Crippen LogP contribution in [0.25, 0.3) is 0 Å². The van der Waals surface area contributed by atoms with Crippen LogP contribution in [-0.4, -0.2) is 38.0 Å². The Morgan fingerprint density at radius 2 is 2.33 bits per heavy atom. The molecule has 3 heteroatoms. The first-order chi connectivity index (χ1) is 5.83. The average molecular weight is 173 g/mol. The molecule has 1 aliphatic carbocycles. The molecule has 3 nitrogen and oxygen atoms in total. The van der Waals surface area contributed by atoms with Crippen LogP contribution in [0.1, 0.15) is 19.3 Å². The second-order valence-corrected chi connectivity index (χ2v) is 3.55. The van der Waals surface area contributed by atoms with Crippen LogP contribution in [0.3, 0.4) is 0 Å². The van der Waals surface area contributed by atoms with Crippen molar-refractivity contribution in [3.63, 3.8) is 0 Å². The molecule has 1 atom stereocenters. The number of hydrogen-bond donors (Lipinski definition) is 2. The summed E-state index contributed by atoms with van der Waals surface area (Å²) in [6.07, 6.45) is 3.72. The van der Waals surface area contributed by atoms with Gasteiger partial charge in [0.15, 0.2) is 0 Å². The molecule has 1 saturated carbocycles. The highest BCUT2D eigenvalue weighted by Gasteiger charge is 2.20. The summed E-state index contributed by atoms with van der Waals surface area (Å²) in [7, 11) is 1.60. The lowest BCUT2D eigenvalue weighted by molar-refractivity contribution is 0.0646. The lowest BCUT2D eigenvalue weighted by Gasteiger charge is -2.09. The number of aliphatic hydroxyl groups is 1. The molecule has 0 aromatic heterocycles. The Labute approximate surface area is 74.1 Å². The molecule has 72 valence electrons. The second-order valence-electron chi connectivity index (χ2n) is 3.55. The topological polar surface area (TPSA) is 41.5 Å². The van der Waals surface area contributed by atoms with E-state index in [1.807, 2.05) is 0 Å². The summed E-state index contributed by atoms with van der Waals surface area (Å²) in [5.41, 5.74) is 0. The maximum Gasteiger partial charge on any atom is 0.0897 e. The van der Waals surface area contributed by atoms with E-state index in [2.05, 4.69) is 5.32 Å². The van der Waals surface area contributed by atoms with Crippen molar-refractivity contribution in [2.75, 3.05) is 26.8 Å². The van der Waals surface area contributed by atoms with Crippen LogP contribution >= 0.6 is 0 Å². The van der Waals surface area contributed by atoms with Gasteiger partial charge in [0, 0.05) is 13.7 Å². The number of aliphatic hydroxyl groups excluding tert-OH is 1. The minimum Gasteiger partial charge on any atom is -0.389 e. The first-order valence-electron chi connectivity index (χ1n) is 4.70. The van der Waals surface area contributed by atoms with E-state index in [1.165, 1.54) is 19.3 Å². The van der Waals surface area contributed by atoms with Gasteiger partial charge in [-0.05, 0) is 18.9 Å². The average Bonchev–Trinajstić information content (AvgIpc) is 2.82. The molecule has 0 spiro atoms. The molecule has 0 radical (unpaired) electrons. The Balaban J connectivity index is 1.80. The zero-order chi connectivity index (χ0) is 8.81. The molecule has 1 unspecified atom stereocenters. The van der Waals surface area contributed by atoms with E-state index in [0.717, 1.165) is 12.5 Å². The van der Waals surface area contributed by atoms with Gasteiger partial charge < -0.3 is 15.2 Å². The van der Waals surface area contributed by atoms with E-state index in [9.17, 15) is 5.11 Å². The fraction of sp³-hybridized carbons (Fsp3) is 1.00. The lowest BCUT2D eigenvalue weighted by atomic mass is 10.3. The molecule has 1 fully saturated rings. The predicted octanol–water partition coefficient (Wildman–Crippen LogP) is 0.383. The van der Waals surface area contributed by atoms with Crippen molar-refractivity contribution >= 4 is 0 Å². The second kappa shape index (κ2) is 5.51. The third-order valence-corrected chi connectivity index (χ3v) is 2.17. The Bertz CT molecular complexity index is 115. The smallest absolute Gasteiger partial charge is 0.0897 e. The Morgan fingerprint density at radius 3 is 2.92 bits per heavy atom. The lowest BCUT2D eigenvalue weighted by Crippen LogP contribution is -2.30. The summed E-state index contributed by atoms with van der Waals surface area (Å²) >= 11 is 0. The Hall–Kier alpha value is -0.120. The highest BCUT2D eigenvalue weighted by Crippen LogP contribution is 2.31. The zero-order valence-electron chi connectivity index (χ0n) is 7.75. The van der Waals surface area contributed by atoms with Gasteiger partial charge in [0.2, 0.25) is 0 Å². The molecule has 0 aliphatic heterocycles. The minimum atomic E-state index is -0.353. The van der Waals surface area contributed by atoms with Gasteiger partial charge in [0.05, 0.1) is 12.7 Å². The SMILES string of the molecule is COCC(O)CNCCC1CC1. The largest absolute Gasteiger partial charge is 0.389 e. The highest BCUT2D eigenvalue weighted by molar-refractivity contribution is 4.73. The number of methoxy groups -OCH3 is 1. The summed E-state index contributed by atoms with van der Waals surface area (Å²) in [4.78, 5) is 0. The molecule has 2 N–H and O–H groups in total. The highest BCUT2D eigenvalue weighted by atomic mass is 16.5. The van der Waals surface area contributed by atoms with Crippen molar-refractivity contribution in [1.29, 1.82) is 0 Å². The zero-order valence-corrected chi connectivity index (χ0v) is 7.75. The molecule has 1 aliphatic rings. The molecule has 12 heavy (non-hydrogen) atoms. The quantitative estimate of drug-likeness (QED) is 0.547. The van der Waals surface area contributed by atoms with Gasteiger partial charge in [-0.3, -0.25) is 0 Å². The van der Waals surface area contributed by atoms with Gasteiger partial charge in [0.1, 0.15) is 0 Å².